The number of hydrogen-bond donors (Lipinski definition) is 1. The molecule has 0 spiro atoms. The van der Waals surface area contributed by atoms with Crippen LogP contribution in [-0.2, 0) is 32.0 Å². The van der Waals surface area contributed by atoms with Gasteiger partial charge in [0.05, 0.1) is 12.2 Å². The Balaban J connectivity index is 1.46. The molecule has 0 saturated carbocycles. The van der Waals surface area contributed by atoms with Gasteiger partial charge in [-0.15, -0.1) is 0 Å². The van der Waals surface area contributed by atoms with E-state index in [9.17, 15) is 14.7 Å². The van der Waals surface area contributed by atoms with Gasteiger partial charge in [-0.25, -0.2) is 4.79 Å². The summed E-state index contributed by atoms with van der Waals surface area (Å²) in [5.74, 6) is -3.07. The summed E-state index contributed by atoms with van der Waals surface area (Å²) in [6.07, 6.45) is 2.29. The highest BCUT2D eigenvalue weighted by atomic mass is 79.9. The van der Waals surface area contributed by atoms with Gasteiger partial charge in [-0.3, -0.25) is 9.78 Å². The van der Waals surface area contributed by atoms with Gasteiger partial charge in [0, 0.05) is 41.6 Å². The van der Waals surface area contributed by atoms with E-state index in [4.69, 9.17) is 4.74 Å². The van der Waals surface area contributed by atoms with Crippen molar-refractivity contribution in [2.24, 2.45) is 0 Å². The lowest BCUT2D eigenvalue weighted by Crippen LogP contribution is -2.35. The Morgan fingerprint density at radius 2 is 2.00 bits per heavy atom. The molecule has 0 aliphatic carbocycles. The van der Waals surface area contributed by atoms with Crippen molar-refractivity contribution in [2.45, 2.75) is 32.0 Å². The first-order chi connectivity index (χ1) is 15.7. The number of carboxylic acid groups (broad SMARTS) is 1. The van der Waals surface area contributed by atoms with Crippen LogP contribution in [0.3, 0.4) is 0 Å². The molecule has 1 N–H and O–H groups in total. The van der Waals surface area contributed by atoms with E-state index in [1.54, 1.807) is 18.3 Å². The molecule has 7 nitrogen and oxygen atoms in total. The molecule has 0 radical (unpaired) electrons. The maximum Gasteiger partial charge on any atom is 0.407 e. The molecule has 0 atom stereocenters. The number of rotatable bonds is 6. The van der Waals surface area contributed by atoms with Crippen LogP contribution in [0.25, 0.3) is 0 Å². The second kappa shape index (κ2) is 9.30. The number of halogens is 3. The van der Waals surface area contributed by atoms with Crippen molar-refractivity contribution in [1.29, 1.82) is 0 Å². The second-order valence-electron chi connectivity index (χ2n) is 7.73. The zero-order valence-corrected chi connectivity index (χ0v) is 19.0. The summed E-state index contributed by atoms with van der Waals surface area (Å²) in [4.78, 5) is 29.0. The van der Waals surface area contributed by atoms with Crippen LogP contribution >= 0.6 is 15.9 Å². The van der Waals surface area contributed by atoms with Crippen LogP contribution in [0, 0.1) is 0 Å². The number of fused-ring (bicyclic) bond motifs is 1. The summed E-state index contributed by atoms with van der Waals surface area (Å²) in [5, 5.41) is 9.18. The summed E-state index contributed by atoms with van der Waals surface area (Å²) in [5.41, 5.74) is 1.18. The second-order valence-corrected chi connectivity index (χ2v) is 8.64. The molecular formula is C23H20BrF2N3O4. The molecular weight excluding hydrogens is 500 g/mol. The molecule has 3 aromatic rings. The van der Waals surface area contributed by atoms with E-state index in [1.807, 2.05) is 6.07 Å². The fourth-order valence-corrected chi connectivity index (χ4v) is 3.85. The lowest BCUT2D eigenvalue weighted by molar-refractivity contribution is -0.0233. The smallest absolute Gasteiger partial charge is 0.407 e. The van der Waals surface area contributed by atoms with Crippen molar-refractivity contribution in [3.8, 4) is 5.75 Å². The molecule has 172 valence electrons. The number of benzene rings is 1. The minimum absolute atomic E-state index is 0.0633. The highest BCUT2D eigenvalue weighted by molar-refractivity contribution is 9.10. The van der Waals surface area contributed by atoms with Crippen LogP contribution in [-0.4, -0.2) is 32.2 Å². The molecule has 2 aromatic heterocycles. The van der Waals surface area contributed by atoms with Crippen LogP contribution in [0.15, 0.2) is 64.1 Å². The molecule has 33 heavy (non-hydrogen) atoms. The lowest BCUT2D eigenvalue weighted by Gasteiger charge is -2.28. The summed E-state index contributed by atoms with van der Waals surface area (Å²) >= 11 is 3.29. The van der Waals surface area contributed by atoms with Crippen LogP contribution in [0.2, 0.25) is 0 Å². The molecule has 0 bridgehead atoms. The Hall–Kier alpha value is -3.27. The Labute approximate surface area is 196 Å². The van der Waals surface area contributed by atoms with Crippen molar-refractivity contribution in [3.63, 3.8) is 0 Å². The van der Waals surface area contributed by atoms with E-state index in [1.165, 1.54) is 29.3 Å². The summed E-state index contributed by atoms with van der Waals surface area (Å²) < 4.78 is 37.3. The van der Waals surface area contributed by atoms with Gasteiger partial charge in [-0.1, -0.05) is 12.1 Å². The van der Waals surface area contributed by atoms with Crippen molar-refractivity contribution in [1.82, 2.24) is 14.5 Å². The maximum absolute atomic E-state index is 15.0. The lowest BCUT2D eigenvalue weighted by atomic mass is 9.95. The van der Waals surface area contributed by atoms with Crippen LogP contribution in [0.5, 0.6) is 5.75 Å². The average molecular weight is 520 g/mol. The minimum atomic E-state index is -3.33. The van der Waals surface area contributed by atoms with Crippen LogP contribution in [0.4, 0.5) is 13.6 Å². The Morgan fingerprint density at radius 3 is 2.70 bits per heavy atom. The zero-order chi connectivity index (χ0) is 23.6. The number of hydrogen-bond acceptors (Lipinski definition) is 4. The van der Waals surface area contributed by atoms with Gasteiger partial charge in [0.25, 0.3) is 11.5 Å². The van der Waals surface area contributed by atoms with Crippen molar-refractivity contribution in [2.75, 3.05) is 6.54 Å². The van der Waals surface area contributed by atoms with Gasteiger partial charge in [-0.2, -0.15) is 8.78 Å². The fraction of sp³-hybridized carbons (Fsp3) is 0.261. The SMILES string of the molecule is O=C(O)N1CCc2ccc(C(F)(F)Cn3ccc(OCc4ccc(Br)cn4)cc3=O)cc2C1. The third-order valence-corrected chi connectivity index (χ3v) is 5.89. The highest BCUT2D eigenvalue weighted by Crippen LogP contribution is 2.32. The molecule has 1 aliphatic rings. The summed E-state index contributed by atoms with van der Waals surface area (Å²) in [7, 11) is 0. The summed E-state index contributed by atoms with van der Waals surface area (Å²) in [6, 6.07) is 10.5. The molecule has 0 saturated heterocycles. The molecule has 4 rings (SSSR count). The largest absolute Gasteiger partial charge is 0.487 e. The zero-order valence-electron chi connectivity index (χ0n) is 17.4. The number of aromatic nitrogens is 2. The quantitative estimate of drug-likeness (QED) is 0.521. The Kier molecular flexibility index (Phi) is 6.46. The van der Waals surface area contributed by atoms with E-state index in [0.717, 1.165) is 20.7 Å². The molecule has 3 heterocycles. The number of nitrogens with zero attached hydrogens (tertiary/aromatic N) is 3. The van der Waals surface area contributed by atoms with Gasteiger partial charge >= 0.3 is 6.09 Å². The van der Waals surface area contributed by atoms with Gasteiger partial charge in [0.2, 0.25) is 0 Å². The maximum atomic E-state index is 15.0. The fourth-order valence-electron chi connectivity index (χ4n) is 3.61. The Bertz CT molecular complexity index is 1230. The standard InChI is InChI=1S/C23H20BrF2N3O4/c24-18-3-4-19(27-11-18)13-33-20-6-8-29(21(30)10-20)14-23(25,26)17-2-1-15-5-7-28(22(31)32)12-16(15)9-17/h1-4,6,8-11H,5,7,12-14H2,(H,31,32). The Morgan fingerprint density at radius 1 is 1.18 bits per heavy atom. The van der Waals surface area contributed by atoms with Crippen LogP contribution < -0.4 is 10.3 Å². The van der Waals surface area contributed by atoms with Gasteiger partial charge in [0.15, 0.2) is 0 Å². The first kappa shape index (κ1) is 22.9. The molecule has 1 amide bonds. The van der Waals surface area contributed by atoms with E-state index in [-0.39, 0.29) is 24.5 Å². The number of amides is 1. The van der Waals surface area contributed by atoms with Gasteiger partial charge in [0.1, 0.15) is 12.4 Å². The van der Waals surface area contributed by atoms with Crippen molar-refractivity contribution < 1.29 is 23.4 Å². The average Bonchev–Trinajstić information content (AvgIpc) is 2.79. The molecule has 1 aromatic carbocycles. The molecule has 0 fully saturated rings. The number of pyridine rings is 2. The highest BCUT2D eigenvalue weighted by Gasteiger charge is 2.34. The molecule has 10 heteroatoms. The topological polar surface area (TPSA) is 84.7 Å². The van der Waals surface area contributed by atoms with Crippen molar-refractivity contribution in [3.05, 3.63) is 92.1 Å². The summed E-state index contributed by atoms with van der Waals surface area (Å²) in [6.45, 7) is -0.315. The normalized spacial score (nSPS) is 13.5. The van der Waals surface area contributed by atoms with Crippen molar-refractivity contribution >= 4 is 22.0 Å². The van der Waals surface area contributed by atoms with Crippen LogP contribution in [0.1, 0.15) is 22.4 Å². The first-order valence-electron chi connectivity index (χ1n) is 10.1. The predicted octanol–water partition coefficient (Wildman–Crippen LogP) is 4.41. The van der Waals surface area contributed by atoms with Gasteiger partial charge in [-0.05, 0) is 57.7 Å². The first-order valence-corrected chi connectivity index (χ1v) is 10.9. The third kappa shape index (κ3) is 5.39. The minimum Gasteiger partial charge on any atom is -0.487 e. The van der Waals surface area contributed by atoms with E-state index >= 15 is 8.78 Å². The number of carbonyl (C=O) groups is 1. The monoisotopic (exact) mass is 519 g/mol. The third-order valence-electron chi connectivity index (χ3n) is 5.42. The van der Waals surface area contributed by atoms with E-state index < -0.39 is 24.1 Å². The number of ether oxygens (including phenoxy) is 1. The predicted molar refractivity (Wildman–Crippen MR) is 119 cm³/mol. The van der Waals surface area contributed by atoms with E-state index in [0.29, 0.717) is 24.2 Å². The van der Waals surface area contributed by atoms with Gasteiger partial charge < -0.3 is 19.3 Å². The molecule has 0 unspecified atom stereocenters. The van der Waals surface area contributed by atoms with E-state index in [2.05, 4.69) is 20.9 Å². The molecule has 1 aliphatic heterocycles. The number of alkyl halides is 2.